The van der Waals surface area contributed by atoms with Crippen molar-refractivity contribution in [3.63, 3.8) is 0 Å². The Balaban J connectivity index is 1.77. The van der Waals surface area contributed by atoms with Crippen molar-refractivity contribution in [2.24, 2.45) is 22.7 Å². The molecule has 2 saturated heterocycles. The molecular weight excluding hydrogens is 450 g/mol. The summed E-state index contributed by atoms with van der Waals surface area (Å²) in [5.41, 5.74) is -3.20. The first kappa shape index (κ1) is 24.6. The summed E-state index contributed by atoms with van der Waals surface area (Å²) >= 11 is 0. The Labute approximate surface area is 195 Å². The molecule has 2 aliphatic heterocycles. The second-order valence-corrected chi connectivity index (χ2v) is 12.8. The van der Waals surface area contributed by atoms with Gasteiger partial charge in [-0.05, 0) is 50.9 Å². The molecule has 0 aromatic carbocycles. The molecule has 1 amide bonds. The first-order valence-corrected chi connectivity index (χ1v) is 13.1. The molecule has 9 nitrogen and oxygen atoms in total. The van der Waals surface area contributed by atoms with E-state index in [0.29, 0.717) is 12.3 Å². The van der Waals surface area contributed by atoms with Crippen molar-refractivity contribution >= 4 is 21.9 Å². The topological polar surface area (TPSA) is 119 Å². The summed E-state index contributed by atoms with van der Waals surface area (Å²) in [6.07, 6.45) is 2.30. The SMILES string of the molecule is C=CC[C@H](C(=O)N1[C@@H]2C[C@H]3CC[C@]2(CS1(=O)=O)C3(C)C)[C@](O)(C(=O)OC)[C@@H]1COC(C)(C)O1. The smallest absolute Gasteiger partial charge is 0.341 e. The van der Waals surface area contributed by atoms with E-state index in [0.717, 1.165) is 24.3 Å². The van der Waals surface area contributed by atoms with Gasteiger partial charge in [-0.15, -0.1) is 6.58 Å². The lowest BCUT2D eigenvalue weighted by Gasteiger charge is -2.40. The minimum atomic E-state index is -3.95. The molecule has 0 aromatic heterocycles. The van der Waals surface area contributed by atoms with Crippen molar-refractivity contribution in [2.45, 2.75) is 76.9 Å². The van der Waals surface area contributed by atoms with Crippen LogP contribution in [0.3, 0.4) is 0 Å². The number of carbonyl (C=O) groups excluding carboxylic acids is 2. The molecule has 2 saturated carbocycles. The van der Waals surface area contributed by atoms with Gasteiger partial charge in [0.05, 0.1) is 31.4 Å². The average molecular weight is 486 g/mol. The number of allylic oxidation sites excluding steroid dienone is 1. The molecule has 4 aliphatic rings. The lowest BCUT2D eigenvalue weighted by Crippen LogP contribution is -2.62. The third-order valence-electron chi connectivity index (χ3n) is 8.87. The number of fused-ring (bicyclic) bond motifs is 1. The molecule has 2 bridgehead atoms. The Morgan fingerprint density at radius 3 is 2.52 bits per heavy atom. The average Bonchev–Trinajstić information content (AvgIpc) is 3.35. The normalized spacial score (nSPS) is 37.9. The zero-order valence-electron chi connectivity index (χ0n) is 20.0. The highest BCUT2D eigenvalue weighted by Crippen LogP contribution is 2.70. The van der Waals surface area contributed by atoms with Gasteiger partial charge in [-0.25, -0.2) is 17.5 Å². The summed E-state index contributed by atoms with van der Waals surface area (Å²) in [6.45, 7) is 10.9. The highest BCUT2D eigenvalue weighted by molar-refractivity contribution is 7.90. The molecule has 0 aromatic rings. The van der Waals surface area contributed by atoms with E-state index in [4.69, 9.17) is 14.2 Å². The maximum Gasteiger partial charge on any atom is 0.341 e. The zero-order chi connectivity index (χ0) is 24.6. The molecule has 33 heavy (non-hydrogen) atoms. The number of amides is 1. The molecule has 1 spiro atoms. The molecular formula is C23H35NO8S. The van der Waals surface area contributed by atoms with Gasteiger partial charge >= 0.3 is 5.97 Å². The van der Waals surface area contributed by atoms with Crippen molar-refractivity contribution < 1.29 is 37.3 Å². The number of methoxy groups -OCH3 is 1. The van der Waals surface area contributed by atoms with Crippen LogP contribution in [0, 0.1) is 22.7 Å². The second kappa shape index (κ2) is 7.50. The van der Waals surface area contributed by atoms with Gasteiger partial charge in [0.1, 0.15) is 6.10 Å². The number of esters is 1. The van der Waals surface area contributed by atoms with E-state index < -0.39 is 56.8 Å². The number of rotatable bonds is 6. The minimum Gasteiger partial charge on any atom is -0.467 e. The van der Waals surface area contributed by atoms with Crippen LogP contribution in [0.1, 0.15) is 53.4 Å². The van der Waals surface area contributed by atoms with E-state index in [9.17, 15) is 23.1 Å². The fraction of sp³-hybridized carbons (Fsp3) is 0.826. The van der Waals surface area contributed by atoms with Gasteiger partial charge in [-0.2, -0.15) is 0 Å². The molecule has 2 aliphatic carbocycles. The lowest BCUT2D eigenvalue weighted by molar-refractivity contribution is -0.205. The predicted octanol–water partition coefficient (Wildman–Crippen LogP) is 1.60. The van der Waals surface area contributed by atoms with Crippen molar-refractivity contribution in [1.29, 1.82) is 0 Å². The van der Waals surface area contributed by atoms with E-state index in [1.54, 1.807) is 13.8 Å². The number of aliphatic hydroxyl groups is 1. The number of sulfonamides is 1. The van der Waals surface area contributed by atoms with Crippen LogP contribution in [0.5, 0.6) is 0 Å². The highest BCUT2D eigenvalue weighted by atomic mass is 32.2. The first-order chi connectivity index (χ1) is 15.2. The van der Waals surface area contributed by atoms with E-state index in [-0.39, 0.29) is 24.2 Å². The van der Waals surface area contributed by atoms with Gasteiger partial charge < -0.3 is 19.3 Å². The van der Waals surface area contributed by atoms with Gasteiger partial charge in [0.15, 0.2) is 5.79 Å². The van der Waals surface area contributed by atoms with Crippen LogP contribution < -0.4 is 0 Å². The first-order valence-electron chi connectivity index (χ1n) is 11.5. The molecule has 6 atom stereocenters. The molecule has 2 heterocycles. The quantitative estimate of drug-likeness (QED) is 0.445. The van der Waals surface area contributed by atoms with Gasteiger partial charge in [-0.1, -0.05) is 19.9 Å². The van der Waals surface area contributed by atoms with Gasteiger partial charge in [0.25, 0.3) is 0 Å². The minimum absolute atomic E-state index is 0.104. The summed E-state index contributed by atoms with van der Waals surface area (Å²) in [4.78, 5) is 26.9. The fourth-order valence-electron chi connectivity index (χ4n) is 6.93. The number of carbonyl (C=O) groups is 2. The largest absolute Gasteiger partial charge is 0.467 e. The van der Waals surface area contributed by atoms with Crippen molar-refractivity contribution in [2.75, 3.05) is 19.5 Å². The van der Waals surface area contributed by atoms with Gasteiger partial charge in [0.2, 0.25) is 21.5 Å². The summed E-state index contributed by atoms with van der Waals surface area (Å²) < 4.78 is 44.0. The third-order valence-corrected chi connectivity index (χ3v) is 10.8. The Kier molecular flexibility index (Phi) is 5.60. The maximum absolute atomic E-state index is 14.0. The Hall–Kier alpha value is -1.49. The third kappa shape index (κ3) is 3.24. The highest BCUT2D eigenvalue weighted by Gasteiger charge is 2.73. The molecule has 0 unspecified atom stereocenters. The summed E-state index contributed by atoms with van der Waals surface area (Å²) in [6, 6.07) is -0.491. The standard InChI is InChI=1S/C23H35NO8S/c1-7-8-15(23(27,19(26)30-6)17-12-31-21(4,5)32-17)18(25)24-16-11-14-9-10-22(16,20(14,2)3)13-33(24,28)29/h7,14-17,27H,1,8-13H2,2-6H3/t14-,15-,16-,17+,22-,23-/m1/s1. The fourth-order valence-corrected chi connectivity index (χ4v) is 9.51. The van der Waals surface area contributed by atoms with Crippen molar-refractivity contribution in [3.8, 4) is 0 Å². The monoisotopic (exact) mass is 485 g/mol. The molecule has 4 rings (SSSR count). The Morgan fingerprint density at radius 1 is 1.33 bits per heavy atom. The molecule has 1 N–H and O–H groups in total. The molecule has 4 fully saturated rings. The van der Waals surface area contributed by atoms with Crippen molar-refractivity contribution in [1.82, 2.24) is 4.31 Å². The summed E-state index contributed by atoms with van der Waals surface area (Å²) in [5.74, 6) is -4.23. The van der Waals surface area contributed by atoms with E-state index >= 15 is 0 Å². The molecule has 0 radical (unpaired) electrons. The van der Waals surface area contributed by atoms with Crippen LogP contribution in [-0.4, -0.2) is 72.7 Å². The number of hydrogen-bond donors (Lipinski definition) is 1. The van der Waals surface area contributed by atoms with Crippen LogP contribution in [0.25, 0.3) is 0 Å². The Morgan fingerprint density at radius 2 is 2.00 bits per heavy atom. The Bertz CT molecular complexity index is 975. The number of hydrogen-bond acceptors (Lipinski definition) is 8. The maximum atomic E-state index is 14.0. The lowest BCUT2D eigenvalue weighted by atomic mass is 9.69. The molecule has 186 valence electrons. The van der Waals surface area contributed by atoms with Gasteiger partial charge in [-0.3, -0.25) is 4.79 Å². The zero-order valence-corrected chi connectivity index (χ0v) is 20.8. The molecule has 10 heteroatoms. The van der Waals surface area contributed by atoms with E-state index in [1.165, 1.54) is 6.08 Å². The van der Waals surface area contributed by atoms with Crippen LogP contribution in [0.15, 0.2) is 12.7 Å². The number of ether oxygens (including phenoxy) is 3. The van der Waals surface area contributed by atoms with E-state index in [2.05, 4.69) is 20.4 Å². The van der Waals surface area contributed by atoms with Crippen LogP contribution in [0.2, 0.25) is 0 Å². The van der Waals surface area contributed by atoms with Crippen molar-refractivity contribution in [3.05, 3.63) is 12.7 Å². The summed E-state index contributed by atoms with van der Waals surface area (Å²) in [7, 11) is -2.85. The predicted molar refractivity (Wildman–Crippen MR) is 118 cm³/mol. The second-order valence-electron chi connectivity index (χ2n) is 11.0. The van der Waals surface area contributed by atoms with Crippen LogP contribution in [-0.2, 0) is 33.8 Å². The van der Waals surface area contributed by atoms with E-state index in [1.807, 2.05) is 0 Å². The van der Waals surface area contributed by atoms with Crippen LogP contribution in [0.4, 0.5) is 0 Å². The van der Waals surface area contributed by atoms with Gasteiger partial charge in [0, 0.05) is 5.41 Å². The van der Waals surface area contributed by atoms with Crippen LogP contribution >= 0.6 is 0 Å². The number of nitrogens with zero attached hydrogens (tertiary/aromatic N) is 1. The summed E-state index contributed by atoms with van der Waals surface area (Å²) in [5, 5.41) is 11.7.